The van der Waals surface area contributed by atoms with E-state index in [2.05, 4.69) is 59.0 Å². The smallest absolute Gasteiger partial charge is 0.266 e. The molecule has 0 aliphatic carbocycles. The first kappa shape index (κ1) is 22.8. The van der Waals surface area contributed by atoms with Gasteiger partial charge < -0.3 is 18.5 Å². The van der Waals surface area contributed by atoms with Gasteiger partial charge >= 0.3 is 0 Å². The first-order valence-electron chi connectivity index (χ1n) is 11.8. The molecule has 0 N–H and O–H groups in total. The van der Waals surface area contributed by atoms with Gasteiger partial charge in [0.1, 0.15) is 24.2 Å². The number of aromatic nitrogens is 1. The molecule has 35 heavy (non-hydrogen) atoms. The van der Waals surface area contributed by atoms with E-state index in [1.165, 1.54) is 16.7 Å². The van der Waals surface area contributed by atoms with Crippen molar-refractivity contribution in [3.05, 3.63) is 88.8 Å². The van der Waals surface area contributed by atoms with E-state index in [-0.39, 0.29) is 5.69 Å². The third-order valence-electron chi connectivity index (χ3n) is 6.36. The van der Waals surface area contributed by atoms with Crippen LogP contribution >= 0.6 is 0 Å². The van der Waals surface area contributed by atoms with Crippen molar-refractivity contribution in [3.63, 3.8) is 0 Å². The quantitative estimate of drug-likeness (QED) is 0.363. The van der Waals surface area contributed by atoms with Crippen LogP contribution < -0.4 is 9.64 Å². The average Bonchev–Trinajstić information content (AvgIpc) is 3.53. The molecule has 0 atom stereocenters. The molecule has 0 radical (unpaired) electrons. The SMILES string of the molecule is Cc1ccc(OCc2ccc(-c3nc(C#N)c(N4CCN(Cc5ccccc5)CC4)o3)o2)cc1C. The van der Waals surface area contributed by atoms with Crippen molar-refractivity contribution >= 4 is 5.88 Å². The van der Waals surface area contributed by atoms with E-state index in [1.807, 2.05) is 30.3 Å². The zero-order valence-corrected chi connectivity index (χ0v) is 20.0. The second-order valence-corrected chi connectivity index (χ2v) is 8.83. The van der Waals surface area contributed by atoms with Gasteiger partial charge in [0.2, 0.25) is 11.6 Å². The van der Waals surface area contributed by atoms with Crippen LogP contribution in [0.25, 0.3) is 11.7 Å². The van der Waals surface area contributed by atoms with Gasteiger partial charge in [-0.25, -0.2) is 0 Å². The van der Waals surface area contributed by atoms with Crippen LogP contribution in [0.5, 0.6) is 5.75 Å². The van der Waals surface area contributed by atoms with Gasteiger partial charge in [-0.05, 0) is 54.8 Å². The number of nitrogens with zero attached hydrogens (tertiary/aromatic N) is 4. The fraction of sp³-hybridized carbons (Fsp3) is 0.286. The van der Waals surface area contributed by atoms with Gasteiger partial charge in [-0.1, -0.05) is 36.4 Å². The van der Waals surface area contributed by atoms with Crippen molar-refractivity contribution in [2.45, 2.75) is 27.0 Å². The lowest BCUT2D eigenvalue weighted by Gasteiger charge is -2.34. The number of hydrogen-bond acceptors (Lipinski definition) is 7. The predicted octanol–water partition coefficient (Wildman–Crippen LogP) is 5.32. The van der Waals surface area contributed by atoms with Gasteiger partial charge in [0.25, 0.3) is 5.89 Å². The molecule has 3 heterocycles. The summed E-state index contributed by atoms with van der Waals surface area (Å²) in [6.45, 7) is 8.65. The van der Waals surface area contributed by atoms with Crippen molar-refractivity contribution in [3.8, 4) is 23.5 Å². The Bertz CT molecular complexity index is 1330. The Morgan fingerprint density at radius 2 is 1.74 bits per heavy atom. The van der Waals surface area contributed by atoms with Crippen LogP contribution in [0.3, 0.4) is 0 Å². The maximum atomic E-state index is 9.65. The molecular weight excluding hydrogens is 440 g/mol. The molecule has 178 valence electrons. The molecule has 0 unspecified atom stereocenters. The van der Waals surface area contributed by atoms with Crippen LogP contribution in [-0.2, 0) is 13.2 Å². The minimum atomic E-state index is 0.279. The van der Waals surface area contributed by atoms with E-state index in [0.29, 0.717) is 29.9 Å². The van der Waals surface area contributed by atoms with Gasteiger partial charge in [-0.2, -0.15) is 10.2 Å². The topological polar surface area (TPSA) is 78.7 Å². The summed E-state index contributed by atoms with van der Waals surface area (Å²) in [5.41, 5.74) is 3.99. The summed E-state index contributed by atoms with van der Waals surface area (Å²) in [7, 11) is 0. The lowest BCUT2D eigenvalue weighted by atomic mass is 10.1. The number of aryl methyl sites for hydroxylation is 2. The fourth-order valence-corrected chi connectivity index (χ4v) is 4.18. The second kappa shape index (κ2) is 10.1. The van der Waals surface area contributed by atoms with Gasteiger partial charge in [-0.3, -0.25) is 4.90 Å². The summed E-state index contributed by atoms with van der Waals surface area (Å²) in [5.74, 6) is 2.75. The third kappa shape index (κ3) is 5.23. The summed E-state index contributed by atoms with van der Waals surface area (Å²) in [6.07, 6.45) is 0. The molecule has 1 fully saturated rings. The van der Waals surface area contributed by atoms with Gasteiger partial charge in [-0.15, -0.1) is 0 Å². The van der Waals surface area contributed by atoms with E-state index >= 15 is 0 Å². The van der Waals surface area contributed by atoms with Crippen LogP contribution in [-0.4, -0.2) is 36.1 Å². The van der Waals surface area contributed by atoms with Crippen LogP contribution in [0.1, 0.15) is 28.1 Å². The number of piperazine rings is 1. The van der Waals surface area contributed by atoms with E-state index in [0.717, 1.165) is 38.5 Å². The Hall–Kier alpha value is -4.02. The van der Waals surface area contributed by atoms with Crippen molar-refractivity contribution in [2.24, 2.45) is 0 Å². The molecule has 2 aromatic heterocycles. The minimum Gasteiger partial charge on any atom is -0.486 e. The molecule has 0 amide bonds. The number of furan rings is 1. The Morgan fingerprint density at radius 3 is 2.49 bits per heavy atom. The zero-order chi connectivity index (χ0) is 24.2. The van der Waals surface area contributed by atoms with Gasteiger partial charge in [0, 0.05) is 32.7 Å². The number of nitriles is 1. The Balaban J connectivity index is 1.23. The van der Waals surface area contributed by atoms with Crippen molar-refractivity contribution in [2.75, 3.05) is 31.1 Å². The van der Waals surface area contributed by atoms with E-state index in [1.54, 1.807) is 6.07 Å². The highest BCUT2D eigenvalue weighted by atomic mass is 16.5. The molecule has 2 aromatic carbocycles. The van der Waals surface area contributed by atoms with Gasteiger partial charge in [0.15, 0.2) is 5.76 Å². The summed E-state index contributed by atoms with van der Waals surface area (Å²) in [5, 5.41) is 9.65. The molecule has 4 aromatic rings. The molecular formula is C28H28N4O3. The number of benzene rings is 2. The zero-order valence-electron chi connectivity index (χ0n) is 20.0. The second-order valence-electron chi connectivity index (χ2n) is 8.83. The van der Waals surface area contributed by atoms with Crippen LogP contribution in [0.2, 0.25) is 0 Å². The third-order valence-corrected chi connectivity index (χ3v) is 6.36. The monoisotopic (exact) mass is 468 g/mol. The van der Waals surface area contributed by atoms with E-state index < -0.39 is 0 Å². The standard InChI is InChI=1S/C28H28N4O3/c1-20-8-9-23(16-21(20)2)33-19-24-10-11-26(34-24)27-30-25(17-29)28(35-27)32-14-12-31(13-15-32)18-22-6-4-3-5-7-22/h3-11,16H,12-15,18-19H2,1-2H3. The molecule has 0 bridgehead atoms. The summed E-state index contributed by atoms with van der Waals surface area (Å²) in [4.78, 5) is 8.89. The first-order valence-corrected chi connectivity index (χ1v) is 11.8. The highest BCUT2D eigenvalue weighted by Gasteiger charge is 2.25. The number of rotatable bonds is 7. The highest BCUT2D eigenvalue weighted by molar-refractivity contribution is 5.56. The van der Waals surface area contributed by atoms with Crippen LogP contribution in [0.15, 0.2) is 69.5 Å². The summed E-state index contributed by atoms with van der Waals surface area (Å²) < 4.78 is 17.8. The average molecular weight is 469 g/mol. The normalized spacial score (nSPS) is 14.1. The van der Waals surface area contributed by atoms with E-state index in [4.69, 9.17) is 13.6 Å². The molecule has 1 aliphatic rings. The number of hydrogen-bond donors (Lipinski definition) is 0. The minimum absolute atomic E-state index is 0.279. The lowest BCUT2D eigenvalue weighted by Crippen LogP contribution is -2.46. The Labute approximate surface area is 205 Å². The Kier molecular flexibility index (Phi) is 6.55. The molecule has 7 nitrogen and oxygen atoms in total. The van der Waals surface area contributed by atoms with Crippen LogP contribution in [0.4, 0.5) is 5.88 Å². The maximum Gasteiger partial charge on any atom is 0.266 e. The molecule has 1 aliphatic heterocycles. The predicted molar refractivity (Wildman–Crippen MR) is 133 cm³/mol. The molecule has 0 saturated carbocycles. The molecule has 7 heteroatoms. The Morgan fingerprint density at radius 1 is 0.943 bits per heavy atom. The van der Waals surface area contributed by atoms with Crippen LogP contribution in [0, 0.1) is 25.2 Å². The largest absolute Gasteiger partial charge is 0.486 e. The van der Waals surface area contributed by atoms with Crippen molar-refractivity contribution in [1.82, 2.24) is 9.88 Å². The molecule has 5 rings (SSSR count). The van der Waals surface area contributed by atoms with Crippen molar-refractivity contribution in [1.29, 1.82) is 5.26 Å². The summed E-state index contributed by atoms with van der Waals surface area (Å²) in [6, 6.07) is 22.3. The lowest BCUT2D eigenvalue weighted by molar-refractivity contribution is 0.246. The maximum absolute atomic E-state index is 9.65. The summed E-state index contributed by atoms with van der Waals surface area (Å²) >= 11 is 0. The molecule has 1 saturated heterocycles. The fourth-order valence-electron chi connectivity index (χ4n) is 4.18. The number of ether oxygens (including phenoxy) is 1. The van der Waals surface area contributed by atoms with Gasteiger partial charge in [0.05, 0.1) is 0 Å². The van der Waals surface area contributed by atoms with E-state index in [9.17, 15) is 5.26 Å². The molecule has 0 spiro atoms. The van der Waals surface area contributed by atoms with Crippen molar-refractivity contribution < 1.29 is 13.6 Å². The number of oxazole rings is 1. The number of anilines is 1. The first-order chi connectivity index (χ1) is 17.1. The highest BCUT2D eigenvalue weighted by Crippen LogP contribution is 2.30.